The topological polar surface area (TPSA) is 28.2 Å². The van der Waals surface area contributed by atoms with Gasteiger partial charge in [0.25, 0.3) is 0 Å². The summed E-state index contributed by atoms with van der Waals surface area (Å²) in [7, 11) is 0. The Hall–Kier alpha value is 0.130. The van der Waals surface area contributed by atoms with Gasteiger partial charge >= 0.3 is 0 Å². The lowest BCUT2D eigenvalue weighted by Gasteiger charge is -2.22. The second-order valence-corrected chi connectivity index (χ2v) is 6.88. The van der Waals surface area contributed by atoms with E-state index < -0.39 is 0 Å². The molecule has 0 aromatic carbocycles. The van der Waals surface area contributed by atoms with Gasteiger partial charge in [-0.15, -0.1) is 36.2 Å². The van der Waals surface area contributed by atoms with E-state index in [0.29, 0.717) is 5.92 Å². The third-order valence-electron chi connectivity index (χ3n) is 4.06. The summed E-state index contributed by atoms with van der Waals surface area (Å²) in [5.74, 6) is 0.561. The van der Waals surface area contributed by atoms with Crippen molar-refractivity contribution >= 4 is 36.2 Å². The highest BCUT2D eigenvalue weighted by Crippen LogP contribution is 2.23. The number of rotatable bonds is 3. The van der Waals surface area contributed by atoms with Crippen molar-refractivity contribution in [2.75, 3.05) is 13.1 Å². The van der Waals surface area contributed by atoms with Gasteiger partial charge in [0.05, 0.1) is 10.7 Å². The molecule has 6 heteroatoms. The van der Waals surface area contributed by atoms with Crippen LogP contribution in [0.15, 0.2) is 5.38 Å². The summed E-state index contributed by atoms with van der Waals surface area (Å²) in [4.78, 5) is 7.33. The lowest BCUT2D eigenvalue weighted by atomic mass is 10.1. The molecule has 0 saturated carbocycles. The van der Waals surface area contributed by atoms with Gasteiger partial charge in [-0.1, -0.05) is 13.8 Å². The molecule has 3 heterocycles. The zero-order chi connectivity index (χ0) is 12.5. The second kappa shape index (κ2) is 7.95. The first-order valence-corrected chi connectivity index (χ1v) is 8.01. The number of thiazole rings is 1. The fraction of sp³-hybridized carbons (Fsp3) is 0.786. The fourth-order valence-electron chi connectivity index (χ4n) is 3.05. The molecule has 0 amide bonds. The molecule has 2 aliphatic rings. The van der Waals surface area contributed by atoms with Gasteiger partial charge < -0.3 is 5.32 Å². The van der Waals surface area contributed by atoms with Crippen LogP contribution in [0.25, 0.3) is 0 Å². The van der Waals surface area contributed by atoms with Crippen molar-refractivity contribution in [3.63, 3.8) is 0 Å². The van der Waals surface area contributed by atoms with Crippen LogP contribution in [0.1, 0.15) is 49.7 Å². The van der Waals surface area contributed by atoms with Crippen molar-refractivity contribution in [2.45, 2.75) is 57.7 Å². The molecule has 116 valence electrons. The van der Waals surface area contributed by atoms with Gasteiger partial charge in [0, 0.05) is 43.0 Å². The van der Waals surface area contributed by atoms with Crippen LogP contribution in [0.2, 0.25) is 0 Å². The summed E-state index contributed by atoms with van der Waals surface area (Å²) in [6.07, 6.45) is 4.04. The molecule has 2 fully saturated rings. The van der Waals surface area contributed by atoms with Crippen LogP contribution in [-0.4, -0.2) is 35.1 Å². The summed E-state index contributed by atoms with van der Waals surface area (Å²) >= 11 is 1.81. The smallest absolute Gasteiger partial charge is 0.0954 e. The first-order valence-electron chi connectivity index (χ1n) is 7.13. The largest absolute Gasteiger partial charge is 0.310 e. The molecule has 3 nitrogen and oxygen atoms in total. The van der Waals surface area contributed by atoms with Gasteiger partial charge in [0.15, 0.2) is 0 Å². The van der Waals surface area contributed by atoms with Crippen LogP contribution in [0.3, 0.4) is 0 Å². The first kappa shape index (κ1) is 18.2. The number of fused-ring (bicyclic) bond motifs is 2. The van der Waals surface area contributed by atoms with Crippen molar-refractivity contribution in [1.29, 1.82) is 0 Å². The second-order valence-electron chi connectivity index (χ2n) is 5.99. The summed E-state index contributed by atoms with van der Waals surface area (Å²) in [5.41, 5.74) is 1.27. The molecule has 0 radical (unpaired) electrons. The number of likely N-dealkylation sites (tertiary alicyclic amines) is 1. The molecule has 2 saturated heterocycles. The number of halogens is 2. The van der Waals surface area contributed by atoms with Gasteiger partial charge in [-0.05, 0) is 19.3 Å². The Bertz CT molecular complexity index is 411. The molecule has 0 spiro atoms. The third-order valence-corrected chi connectivity index (χ3v) is 5.25. The van der Waals surface area contributed by atoms with Gasteiger partial charge in [0.1, 0.15) is 0 Å². The van der Waals surface area contributed by atoms with Crippen LogP contribution < -0.4 is 5.32 Å². The molecular formula is C14H25Cl2N3S. The fourth-order valence-corrected chi connectivity index (χ4v) is 3.87. The Morgan fingerprint density at radius 1 is 1.30 bits per heavy atom. The maximum Gasteiger partial charge on any atom is 0.0954 e. The highest BCUT2D eigenvalue weighted by atomic mass is 35.5. The van der Waals surface area contributed by atoms with Crippen molar-refractivity contribution in [3.8, 4) is 0 Å². The number of aromatic nitrogens is 1. The van der Waals surface area contributed by atoms with Gasteiger partial charge in [-0.2, -0.15) is 0 Å². The minimum absolute atomic E-state index is 0. The highest BCUT2D eigenvalue weighted by molar-refractivity contribution is 7.09. The summed E-state index contributed by atoms with van der Waals surface area (Å²) in [6, 6.07) is 1.50. The summed E-state index contributed by atoms with van der Waals surface area (Å²) < 4.78 is 0. The monoisotopic (exact) mass is 337 g/mol. The lowest BCUT2D eigenvalue weighted by Crippen LogP contribution is -2.35. The molecule has 2 bridgehead atoms. The molecule has 1 aromatic rings. The van der Waals surface area contributed by atoms with E-state index in [-0.39, 0.29) is 24.8 Å². The van der Waals surface area contributed by atoms with Crippen molar-refractivity contribution < 1.29 is 0 Å². The standard InChI is InChI=1S/C14H23N3S.2ClH/c1-10(2)14-16-13(9-18-14)8-17-6-5-11-3-4-12(7-17)15-11;;/h9-12,15H,3-8H2,1-2H3;2*1H. The zero-order valence-corrected chi connectivity index (χ0v) is 14.6. The van der Waals surface area contributed by atoms with Crippen molar-refractivity contribution in [1.82, 2.24) is 15.2 Å². The Morgan fingerprint density at radius 2 is 2.05 bits per heavy atom. The quantitative estimate of drug-likeness (QED) is 0.915. The van der Waals surface area contributed by atoms with E-state index in [1.54, 1.807) is 0 Å². The summed E-state index contributed by atoms with van der Waals surface area (Å²) in [5, 5.41) is 7.25. The SMILES string of the molecule is CC(C)c1nc(CN2CCC3CCC(C2)N3)cs1.Cl.Cl. The highest BCUT2D eigenvalue weighted by Gasteiger charge is 2.29. The lowest BCUT2D eigenvalue weighted by molar-refractivity contribution is 0.248. The Kier molecular flexibility index (Phi) is 7.22. The van der Waals surface area contributed by atoms with Gasteiger partial charge in [0.2, 0.25) is 0 Å². The Balaban J connectivity index is 0.000001000. The minimum Gasteiger partial charge on any atom is -0.310 e. The molecule has 1 aromatic heterocycles. The minimum atomic E-state index is 0. The van der Waals surface area contributed by atoms with E-state index in [4.69, 9.17) is 4.98 Å². The van der Waals surface area contributed by atoms with E-state index in [2.05, 4.69) is 29.4 Å². The normalized spacial score (nSPS) is 25.9. The van der Waals surface area contributed by atoms with Crippen LogP contribution in [0.4, 0.5) is 0 Å². The molecule has 20 heavy (non-hydrogen) atoms. The molecule has 2 aliphatic heterocycles. The molecule has 2 atom stereocenters. The maximum absolute atomic E-state index is 4.75. The number of nitrogens with zero attached hydrogens (tertiary/aromatic N) is 2. The van der Waals surface area contributed by atoms with E-state index >= 15 is 0 Å². The molecule has 3 rings (SSSR count). The number of hydrogen-bond donors (Lipinski definition) is 1. The number of nitrogens with one attached hydrogen (secondary N) is 1. The van der Waals surface area contributed by atoms with E-state index in [0.717, 1.165) is 18.6 Å². The van der Waals surface area contributed by atoms with E-state index in [9.17, 15) is 0 Å². The average molecular weight is 338 g/mol. The maximum atomic E-state index is 4.75. The predicted molar refractivity (Wildman–Crippen MR) is 90.5 cm³/mol. The van der Waals surface area contributed by atoms with Crippen LogP contribution >= 0.6 is 36.2 Å². The predicted octanol–water partition coefficient (Wildman–Crippen LogP) is 3.44. The Labute approximate surface area is 138 Å². The molecule has 0 aliphatic carbocycles. The number of hydrogen-bond acceptors (Lipinski definition) is 4. The van der Waals surface area contributed by atoms with Crippen LogP contribution in [0, 0.1) is 0 Å². The average Bonchev–Trinajstić information content (AvgIpc) is 2.89. The Morgan fingerprint density at radius 3 is 2.75 bits per heavy atom. The van der Waals surface area contributed by atoms with Crippen molar-refractivity contribution in [2.24, 2.45) is 0 Å². The molecular weight excluding hydrogens is 313 g/mol. The van der Waals surface area contributed by atoms with Crippen LogP contribution in [-0.2, 0) is 6.54 Å². The molecule has 2 unspecified atom stereocenters. The van der Waals surface area contributed by atoms with Gasteiger partial charge in [-0.25, -0.2) is 4.98 Å². The summed E-state index contributed by atoms with van der Waals surface area (Å²) in [6.45, 7) is 7.90. The third kappa shape index (κ3) is 4.31. The van der Waals surface area contributed by atoms with E-state index in [1.807, 2.05) is 11.3 Å². The molecule has 1 N–H and O–H groups in total. The van der Waals surface area contributed by atoms with Gasteiger partial charge in [-0.3, -0.25) is 4.90 Å². The first-order chi connectivity index (χ1) is 8.70. The van der Waals surface area contributed by atoms with E-state index in [1.165, 1.54) is 43.1 Å². The van der Waals surface area contributed by atoms with Crippen molar-refractivity contribution in [3.05, 3.63) is 16.1 Å². The van der Waals surface area contributed by atoms with Crippen LogP contribution in [0.5, 0.6) is 0 Å². The zero-order valence-electron chi connectivity index (χ0n) is 12.2.